The summed E-state index contributed by atoms with van der Waals surface area (Å²) in [5, 5.41) is 81.4. The molecule has 82 heavy (non-hydrogen) atoms. The Morgan fingerprint density at radius 2 is 1.30 bits per heavy atom. The van der Waals surface area contributed by atoms with Gasteiger partial charge in [-0.05, 0) is 103 Å². The van der Waals surface area contributed by atoms with Gasteiger partial charge in [-0.2, -0.15) is 13.2 Å². The van der Waals surface area contributed by atoms with Crippen LogP contribution in [0, 0.1) is 26.1 Å². The second-order valence-corrected chi connectivity index (χ2v) is 21.7. The second-order valence-electron chi connectivity index (χ2n) is 21.7. The molecule has 0 aromatic heterocycles. The van der Waals surface area contributed by atoms with Crippen molar-refractivity contribution in [2.24, 2.45) is 5.92 Å². The number of aliphatic hydroxyl groups is 4. The number of halogens is 3. The smallest absolute Gasteiger partial charge is 0.471 e. The predicted octanol–water partition coefficient (Wildman–Crippen LogP) is 2.58. The Hall–Kier alpha value is -7.65. The van der Waals surface area contributed by atoms with Crippen LogP contribution in [0.1, 0.15) is 72.4 Å². The average molecular weight is 1170 g/mol. The number of non-ortho nitro benzene ring substituents is 2. The largest absolute Gasteiger partial charge is 0.491 e. The maximum absolute atomic E-state index is 13.9. The lowest BCUT2D eigenvalue weighted by atomic mass is 9.72. The first-order chi connectivity index (χ1) is 38.0. The molecule has 12 atom stereocenters. The van der Waals surface area contributed by atoms with Crippen LogP contribution in [0.3, 0.4) is 0 Å². The molecular weight excluding hydrogens is 1110 g/mol. The lowest BCUT2D eigenvalue weighted by Gasteiger charge is -2.52. The van der Waals surface area contributed by atoms with Gasteiger partial charge in [0.1, 0.15) is 60.2 Å². The molecule has 3 aliphatic rings. The zero-order valence-corrected chi connectivity index (χ0v) is 45.7. The second kappa shape index (κ2) is 27.0. The average Bonchev–Trinajstić information content (AvgIpc) is 3.34. The van der Waals surface area contributed by atoms with Crippen LogP contribution in [-0.2, 0) is 56.0 Å². The van der Waals surface area contributed by atoms with Gasteiger partial charge in [0, 0.05) is 43.3 Å². The summed E-state index contributed by atoms with van der Waals surface area (Å²) in [4.78, 5) is 101. The Kier molecular flexibility index (Phi) is 21.4. The van der Waals surface area contributed by atoms with Crippen LogP contribution >= 0.6 is 0 Å². The van der Waals surface area contributed by atoms with E-state index in [-0.39, 0.29) is 34.7 Å². The molecule has 1 saturated carbocycles. The van der Waals surface area contributed by atoms with Crippen molar-refractivity contribution in [1.29, 1.82) is 0 Å². The first kappa shape index (κ1) is 65.2. The van der Waals surface area contributed by atoms with Crippen molar-refractivity contribution < 1.29 is 105 Å². The lowest BCUT2D eigenvalue weighted by Crippen LogP contribution is -2.71. The highest BCUT2D eigenvalue weighted by Gasteiger charge is 2.57. The fourth-order valence-corrected chi connectivity index (χ4v) is 9.02. The van der Waals surface area contributed by atoms with Gasteiger partial charge >= 0.3 is 36.5 Å². The van der Waals surface area contributed by atoms with Gasteiger partial charge in [0.15, 0.2) is 6.29 Å². The minimum Gasteiger partial charge on any atom is -0.491 e. The number of carbonyl (C=O) groups is 6. The number of hydrogen-bond acceptors (Lipinski definition) is 21. The third-order valence-electron chi connectivity index (χ3n) is 12.7. The maximum Gasteiger partial charge on any atom is 0.471 e. The van der Waals surface area contributed by atoms with E-state index in [0.717, 1.165) is 29.2 Å². The number of hydrogen-bond donors (Lipinski definition) is 9. The van der Waals surface area contributed by atoms with Crippen molar-refractivity contribution >= 4 is 47.6 Å². The number of likely N-dealkylation sites (N-methyl/N-ethyl adjacent to an activating group) is 1. The van der Waals surface area contributed by atoms with Crippen molar-refractivity contribution in [3.8, 4) is 0 Å². The van der Waals surface area contributed by atoms with Crippen molar-refractivity contribution in [1.82, 2.24) is 31.5 Å². The van der Waals surface area contributed by atoms with Crippen LogP contribution in [0.5, 0.6) is 0 Å². The quantitative estimate of drug-likeness (QED) is 0.0588. The number of benzene rings is 2. The number of nitro benzene ring substituents is 2. The van der Waals surface area contributed by atoms with Crippen LogP contribution in [0.4, 0.5) is 43.7 Å². The van der Waals surface area contributed by atoms with E-state index in [1.165, 1.54) is 44.3 Å². The molecule has 0 radical (unpaired) electrons. The molecular formula is C50H67F3N8O21. The molecule has 1 unspecified atom stereocenters. The van der Waals surface area contributed by atoms with Crippen molar-refractivity contribution in [2.45, 2.75) is 158 Å². The van der Waals surface area contributed by atoms with Crippen molar-refractivity contribution in [3.05, 3.63) is 91.7 Å². The Bertz CT molecular complexity index is 2650. The normalized spacial score (nSPS) is 26.0. The van der Waals surface area contributed by atoms with E-state index in [1.807, 2.05) is 0 Å². The zero-order chi connectivity index (χ0) is 61.2. The number of alkyl carbamates (subject to hydrolysis) is 3. The number of ether oxygens (including phenoxy) is 7. The molecule has 1 aliphatic carbocycles. The molecule has 32 heteroatoms. The molecule has 2 heterocycles. The number of aliphatic hydroxyl groups excluding tert-OH is 3. The summed E-state index contributed by atoms with van der Waals surface area (Å²) < 4.78 is 80.2. The molecule has 2 aliphatic heterocycles. The summed E-state index contributed by atoms with van der Waals surface area (Å²) in [6, 6.07) is 3.50. The molecule has 29 nitrogen and oxygen atoms in total. The molecule has 2 aromatic rings. The number of rotatable bonds is 18. The third kappa shape index (κ3) is 18.4. The molecule has 0 spiro atoms. The minimum absolute atomic E-state index is 0.247. The summed E-state index contributed by atoms with van der Waals surface area (Å²) in [7, 11) is 1.20. The fourth-order valence-electron chi connectivity index (χ4n) is 9.02. The van der Waals surface area contributed by atoms with Crippen LogP contribution in [0.2, 0.25) is 0 Å². The Morgan fingerprint density at radius 1 is 0.780 bits per heavy atom. The van der Waals surface area contributed by atoms with Gasteiger partial charge in [-0.25, -0.2) is 19.2 Å². The predicted molar refractivity (Wildman–Crippen MR) is 272 cm³/mol. The first-order valence-electron chi connectivity index (χ1n) is 25.3. The molecule has 0 bridgehead atoms. The zero-order valence-electron chi connectivity index (χ0n) is 45.7. The number of nitrogens with zero attached hydrogens (tertiary/aromatic N) is 3. The molecule has 2 fully saturated rings. The number of nitrogens with one attached hydrogen (secondary N) is 5. The molecule has 2 aromatic carbocycles. The van der Waals surface area contributed by atoms with Gasteiger partial charge in [0.25, 0.3) is 17.3 Å². The van der Waals surface area contributed by atoms with Crippen molar-refractivity contribution in [3.63, 3.8) is 0 Å². The summed E-state index contributed by atoms with van der Waals surface area (Å²) in [5.41, 5.74) is -4.13. The summed E-state index contributed by atoms with van der Waals surface area (Å²) >= 11 is 0. The summed E-state index contributed by atoms with van der Waals surface area (Å²) in [5.74, 6) is -5.71. The van der Waals surface area contributed by atoms with E-state index >= 15 is 0 Å². The van der Waals surface area contributed by atoms with E-state index in [2.05, 4.69) is 21.3 Å². The monoisotopic (exact) mass is 1170 g/mol. The number of nitro groups is 2. The maximum atomic E-state index is 13.9. The molecule has 9 N–H and O–H groups in total. The first-order valence-corrected chi connectivity index (χ1v) is 25.3. The highest BCUT2D eigenvalue weighted by Crippen LogP contribution is 2.39. The Morgan fingerprint density at radius 3 is 1.80 bits per heavy atom. The summed E-state index contributed by atoms with van der Waals surface area (Å²) in [6.07, 6.45) is -21.6. The number of carbonyl (C=O) groups excluding carboxylic acids is 6. The molecule has 6 amide bonds. The highest BCUT2D eigenvalue weighted by molar-refractivity contribution is 5.82. The van der Waals surface area contributed by atoms with Gasteiger partial charge in [-0.3, -0.25) is 29.8 Å². The standard InChI is InChI=1S/C50H67F3N8O21/c1-47(2,3)81-43(67)55-21-33(62)40(65)56-32-19-31(58-45(69)77-23-26-11-15-28(16-12-26)61(74)75)34(35(63)38(32)80-41-36(64)39(49(7,71)24-78-41)59(8)46(70)82-48(4,5)6)37-30(18-17-29(79-37)20-54-42(66)50(51,52)53)57-44(68)76-22-25-9-13-27(14-10-25)60(72)73/h9-17,30-39,41,62-64,71H,18-24H2,1-8H3,(H,54,66)(H,55,67)(H,56,65)(H,57,68)(H,58,69)/t30-,31+,32-,33-,34-,35+,36-,37?,38+,39-,41-,49+/m1/s1. The van der Waals surface area contributed by atoms with Crippen molar-refractivity contribution in [2.75, 3.05) is 26.7 Å². The van der Waals surface area contributed by atoms with E-state index in [4.69, 9.17) is 33.2 Å². The van der Waals surface area contributed by atoms with Gasteiger partial charge in [-0.1, -0.05) is 0 Å². The SMILES string of the molecule is CN(C(=O)OC(C)(C)C)[C@@H]1[C@@H](O)[C@@H](O[C@@H]2[C@@H](O)[C@H](C3OC(CNC(=O)C(F)(F)F)=CC[C@H]3NC(=O)OCc3ccc([N+](=O)[O-])cc3)[C@@H](NC(=O)OCc3ccc([N+](=O)[O-])cc3)C[C@H]2NC(=O)[C@H](O)CNC(=O)OC(C)(C)C)OC[C@]1(C)O. The molecule has 5 rings (SSSR count). The highest BCUT2D eigenvalue weighted by atomic mass is 19.4. The van der Waals surface area contributed by atoms with Gasteiger partial charge in [0.2, 0.25) is 0 Å². The Balaban J connectivity index is 1.59. The number of alkyl halides is 3. The third-order valence-corrected chi connectivity index (χ3v) is 12.7. The van der Waals surface area contributed by atoms with E-state index < -0.39 is 175 Å². The van der Waals surface area contributed by atoms with E-state index in [1.54, 1.807) is 46.9 Å². The van der Waals surface area contributed by atoms with Crippen LogP contribution in [0.25, 0.3) is 0 Å². The van der Waals surface area contributed by atoms with Crippen LogP contribution in [-0.4, -0.2) is 182 Å². The van der Waals surface area contributed by atoms with Gasteiger partial charge in [-0.15, -0.1) is 0 Å². The molecule has 1 saturated heterocycles. The number of amides is 6. The van der Waals surface area contributed by atoms with E-state index in [9.17, 15) is 82.6 Å². The lowest BCUT2D eigenvalue weighted by molar-refractivity contribution is -0.385. The van der Waals surface area contributed by atoms with Gasteiger partial charge in [0.05, 0.1) is 53.8 Å². The fraction of sp³-hybridized carbons (Fsp3) is 0.600. The minimum atomic E-state index is -5.36. The molecule has 454 valence electrons. The Labute approximate surface area is 466 Å². The topological polar surface area (TPSA) is 398 Å². The van der Waals surface area contributed by atoms with Crippen LogP contribution < -0.4 is 26.6 Å². The van der Waals surface area contributed by atoms with E-state index in [0.29, 0.717) is 0 Å². The van der Waals surface area contributed by atoms with Crippen LogP contribution in [0.15, 0.2) is 60.4 Å². The summed E-state index contributed by atoms with van der Waals surface area (Å²) in [6.45, 7) is 7.18. The van der Waals surface area contributed by atoms with Gasteiger partial charge < -0.3 is 85.1 Å².